The molecule has 1 unspecified atom stereocenters. The van der Waals surface area contributed by atoms with Crippen LogP contribution in [0.4, 0.5) is 4.39 Å². The predicted molar refractivity (Wildman–Crippen MR) is 110 cm³/mol. The van der Waals surface area contributed by atoms with Crippen molar-refractivity contribution in [1.29, 1.82) is 0 Å². The maximum Gasteiger partial charge on any atom is 0.247 e. The minimum atomic E-state index is -0.817. The summed E-state index contributed by atoms with van der Waals surface area (Å²) in [6.07, 6.45) is 6.96. The lowest BCUT2D eigenvalue weighted by Crippen LogP contribution is -2.46. The van der Waals surface area contributed by atoms with Gasteiger partial charge in [0.1, 0.15) is 16.9 Å². The highest BCUT2D eigenvalue weighted by atomic mass is 32.2. The number of fused-ring (bicyclic) bond motifs is 1. The third kappa shape index (κ3) is 4.45. The van der Waals surface area contributed by atoms with E-state index in [2.05, 4.69) is 10.3 Å². The average molecular weight is 414 g/mol. The van der Waals surface area contributed by atoms with Crippen LogP contribution in [0, 0.1) is 5.82 Å². The number of nitrogens with one attached hydrogen (secondary N) is 1. The summed E-state index contributed by atoms with van der Waals surface area (Å²) in [6.45, 7) is 0.0448. The first-order valence-electron chi connectivity index (χ1n) is 10.0. The van der Waals surface area contributed by atoms with E-state index >= 15 is 0 Å². The SMILES string of the molecule is O=C(NC1CCCCC1)C1c2cccnc2SCC(=O)N1Cc1ccccc1F. The Morgan fingerprint density at radius 2 is 1.97 bits per heavy atom. The van der Waals surface area contributed by atoms with Crippen LogP contribution in [0.2, 0.25) is 0 Å². The second-order valence-corrected chi connectivity index (χ2v) is 8.51. The van der Waals surface area contributed by atoms with Crippen molar-refractivity contribution in [3.8, 4) is 0 Å². The van der Waals surface area contributed by atoms with Crippen molar-refractivity contribution in [2.75, 3.05) is 5.75 Å². The van der Waals surface area contributed by atoms with Gasteiger partial charge in [0.05, 0.1) is 5.75 Å². The second-order valence-electron chi connectivity index (χ2n) is 7.55. The minimum Gasteiger partial charge on any atom is -0.351 e. The maximum atomic E-state index is 14.3. The maximum absolute atomic E-state index is 14.3. The fourth-order valence-electron chi connectivity index (χ4n) is 4.06. The van der Waals surface area contributed by atoms with Crippen LogP contribution in [-0.2, 0) is 16.1 Å². The molecule has 1 N–H and O–H groups in total. The fourth-order valence-corrected chi connectivity index (χ4v) is 4.96. The number of carbonyl (C=O) groups excluding carboxylic acids is 2. The molecule has 1 atom stereocenters. The van der Waals surface area contributed by atoms with Crippen LogP contribution in [0.25, 0.3) is 0 Å². The quantitative estimate of drug-likeness (QED) is 0.827. The molecule has 7 heteroatoms. The summed E-state index contributed by atoms with van der Waals surface area (Å²) in [6, 6.07) is 9.30. The molecule has 2 amide bonds. The highest BCUT2D eigenvalue weighted by Crippen LogP contribution is 2.35. The number of hydrogen-bond donors (Lipinski definition) is 1. The lowest BCUT2D eigenvalue weighted by Gasteiger charge is -2.32. The van der Waals surface area contributed by atoms with Gasteiger partial charge in [-0.15, -0.1) is 0 Å². The molecule has 4 rings (SSSR count). The van der Waals surface area contributed by atoms with Gasteiger partial charge >= 0.3 is 0 Å². The van der Waals surface area contributed by atoms with Crippen molar-refractivity contribution in [3.05, 3.63) is 59.5 Å². The number of aromatic nitrogens is 1. The van der Waals surface area contributed by atoms with Crippen LogP contribution in [-0.4, -0.2) is 33.5 Å². The summed E-state index contributed by atoms with van der Waals surface area (Å²) in [5.74, 6) is -0.612. The van der Waals surface area contributed by atoms with Crippen LogP contribution >= 0.6 is 11.8 Å². The number of carbonyl (C=O) groups is 2. The third-order valence-corrected chi connectivity index (χ3v) is 6.56. The molecule has 1 aliphatic carbocycles. The normalized spacial score (nSPS) is 20.1. The Bertz CT molecular complexity index is 901. The molecule has 2 aromatic rings. The molecule has 0 bridgehead atoms. The summed E-state index contributed by atoms with van der Waals surface area (Å²) < 4.78 is 14.3. The summed E-state index contributed by atoms with van der Waals surface area (Å²) in [4.78, 5) is 32.2. The molecule has 1 saturated carbocycles. The van der Waals surface area contributed by atoms with E-state index < -0.39 is 6.04 Å². The van der Waals surface area contributed by atoms with E-state index in [1.807, 2.05) is 6.07 Å². The van der Waals surface area contributed by atoms with Gasteiger partial charge in [-0.05, 0) is 25.0 Å². The zero-order chi connectivity index (χ0) is 20.2. The zero-order valence-electron chi connectivity index (χ0n) is 16.1. The van der Waals surface area contributed by atoms with Gasteiger partial charge in [-0.3, -0.25) is 9.59 Å². The van der Waals surface area contributed by atoms with Crippen molar-refractivity contribution in [1.82, 2.24) is 15.2 Å². The Hall–Kier alpha value is -2.41. The largest absolute Gasteiger partial charge is 0.351 e. The number of benzene rings is 1. The highest BCUT2D eigenvalue weighted by Gasteiger charge is 2.37. The number of rotatable bonds is 4. The fraction of sp³-hybridized carbons (Fsp3) is 0.409. The molecule has 0 radical (unpaired) electrons. The molecule has 1 aromatic heterocycles. The molecule has 0 saturated heterocycles. The van der Waals surface area contributed by atoms with Gasteiger partial charge in [0.15, 0.2) is 0 Å². The average Bonchev–Trinajstić information content (AvgIpc) is 2.87. The number of hydrogen-bond acceptors (Lipinski definition) is 4. The van der Waals surface area contributed by atoms with Gasteiger partial charge in [-0.1, -0.05) is 55.3 Å². The van der Waals surface area contributed by atoms with Gasteiger partial charge in [0, 0.05) is 29.9 Å². The van der Waals surface area contributed by atoms with Crippen LogP contribution < -0.4 is 5.32 Å². The van der Waals surface area contributed by atoms with Crippen molar-refractivity contribution in [2.24, 2.45) is 0 Å². The Balaban J connectivity index is 1.68. The summed E-state index contributed by atoms with van der Waals surface area (Å²) in [5.41, 5.74) is 1.10. The molecule has 5 nitrogen and oxygen atoms in total. The number of amides is 2. The van der Waals surface area contributed by atoms with E-state index in [9.17, 15) is 14.0 Å². The first-order valence-corrected chi connectivity index (χ1v) is 11.0. The van der Waals surface area contributed by atoms with Crippen molar-refractivity contribution in [3.63, 3.8) is 0 Å². The number of halogens is 1. The topological polar surface area (TPSA) is 62.3 Å². The van der Waals surface area contributed by atoms with Crippen LogP contribution in [0.15, 0.2) is 47.6 Å². The van der Waals surface area contributed by atoms with E-state index in [-0.39, 0.29) is 36.0 Å². The van der Waals surface area contributed by atoms with E-state index in [1.165, 1.54) is 29.1 Å². The molecule has 2 heterocycles. The van der Waals surface area contributed by atoms with Gasteiger partial charge < -0.3 is 10.2 Å². The van der Waals surface area contributed by atoms with Crippen LogP contribution in [0.1, 0.15) is 49.3 Å². The van der Waals surface area contributed by atoms with Gasteiger partial charge in [-0.25, -0.2) is 9.37 Å². The van der Waals surface area contributed by atoms with E-state index in [0.29, 0.717) is 16.2 Å². The van der Waals surface area contributed by atoms with Crippen LogP contribution in [0.3, 0.4) is 0 Å². The van der Waals surface area contributed by atoms with E-state index in [4.69, 9.17) is 0 Å². The molecule has 2 aliphatic rings. The van der Waals surface area contributed by atoms with E-state index in [1.54, 1.807) is 30.5 Å². The predicted octanol–water partition coefficient (Wildman–Crippen LogP) is 3.85. The Morgan fingerprint density at radius 3 is 2.76 bits per heavy atom. The second kappa shape index (κ2) is 8.95. The van der Waals surface area contributed by atoms with E-state index in [0.717, 1.165) is 25.7 Å². The Kier molecular flexibility index (Phi) is 6.13. The highest BCUT2D eigenvalue weighted by molar-refractivity contribution is 8.00. The Morgan fingerprint density at radius 1 is 1.17 bits per heavy atom. The number of pyridine rings is 1. The minimum absolute atomic E-state index is 0.0448. The lowest BCUT2D eigenvalue weighted by atomic mass is 9.94. The van der Waals surface area contributed by atoms with Crippen molar-refractivity contribution >= 4 is 23.6 Å². The molecular formula is C22H24FN3O2S. The monoisotopic (exact) mass is 413 g/mol. The number of thioether (sulfide) groups is 1. The molecule has 0 spiro atoms. The first-order chi connectivity index (χ1) is 14.1. The summed E-state index contributed by atoms with van der Waals surface area (Å²) in [5, 5.41) is 3.83. The molecule has 29 heavy (non-hydrogen) atoms. The summed E-state index contributed by atoms with van der Waals surface area (Å²) in [7, 11) is 0. The van der Waals surface area contributed by atoms with Gasteiger partial charge in [0.25, 0.3) is 0 Å². The third-order valence-electron chi connectivity index (χ3n) is 5.56. The lowest BCUT2D eigenvalue weighted by molar-refractivity contribution is -0.140. The molecule has 1 fully saturated rings. The number of nitrogens with zero attached hydrogens (tertiary/aromatic N) is 2. The molecule has 1 aromatic carbocycles. The molecule has 1 aliphatic heterocycles. The van der Waals surface area contributed by atoms with Gasteiger partial charge in [-0.2, -0.15) is 0 Å². The molecule has 152 valence electrons. The molecular weight excluding hydrogens is 389 g/mol. The van der Waals surface area contributed by atoms with Crippen molar-refractivity contribution in [2.45, 2.75) is 55.8 Å². The Labute approximate surface area is 174 Å². The van der Waals surface area contributed by atoms with Crippen LogP contribution in [0.5, 0.6) is 0 Å². The first kappa shape index (κ1) is 19.9. The van der Waals surface area contributed by atoms with Crippen molar-refractivity contribution < 1.29 is 14.0 Å². The van der Waals surface area contributed by atoms with Gasteiger partial charge in [0.2, 0.25) is 11.8 Å². The zero-order valence-corrected chi connectivity index (χ0v) is 17.0. The smallest absolute Gasteiger partial charge is 0.247 e. The standard InChI is InChI=1S/C22H24FN3O2S/c23-18-11-5-4-7-15(18)13-26-19(27)14-29-22-17(10-6-12-24-22)20(26)21(28)25-16-8-2-1-3-9-16/h4-7,10-12,16,20H,1-3,8-9,13-14H2,(H,25,28). The summed E-state index contributed by atoms with van der Waals surface area (Å²) >= 11 is 1.33.